The lowest BCUT2D eigenvalue weighted by Crippen LogP contribution is -2.52. The van der Waals surface area contributed by atoms with Gasteiger partial charge in [0.25, 0.3) is 5.69 Å². The molecule has 1 aromatic carbocycles. The average molecular weight is 399 g/mol. The topological polar surface area (TPSA) is 116 Å². The number of rotatable bonds is 6. The number of non-ortho nitro benzene ring substituents is 1. The Hall–Kier alpha value is -2.30. The highest BCUT2D eigenvalue weighted by Crippen LogP contribution is 2.29. The van der Waals surface area contributed by atoms with Gasteiger partial charge in [-0.15, -0.1) is 0 Å². The zero-order valence-electron chi connectivity index (χ0n) is 13.7. The van der Waals surface area contributed by atoms with E-state index in [9.17, 15) is 18.5 Å². The zero-order chi connectivity index (χ0) is 18.9. The van der Waals surface area contributed by atoms with Gasteiger partial charge in [0.1, 0.15) is 0 Å². The van der Waals surface area contributed by atoms with Gasteiger partial charge in [-0.25, -0.2) is 8.42 Å². The fraction of sp³-hybridized carbons (Fsp3) is 0.333. The van der Waals surface area contributed by atoms with Crippen molar-refractivity contribution >= 4 is 27.3 Å². The summed E-state index contributed by atoms with van der Waals surface area (Å²) in [5.41, 5.74) is 0.207. The van der Waals surface area contributed by atoms with Crippen LogP contribution in [0.1, 0.15) is 5.56 Å². The van der Waals surface area contributed by atoms with Crippen LogP contribution in [0, 0.1) is 23.0 Å². The van der Waals surface area contributed by atoms with Crippen LogP contribution in [0.15, 0.2) is 35.5 Å². The molecule has 9 nitrogen and oxygen atoms in total. The molecule has 11 heteroatoms. The SMILES string of the molecule is Cc1ccc([N+](=O)[O-])cc1S(=O)(=O)N1CC(COc2cncc(Cl)n2)C1. The third kappa shape index (κ3) is 3.76. The average Bonchev–Trinajstić information content (AvgIpc) is 2.53. The lowest BCUT2D eigenvalue weighted by Gasteiger charge is -2.37. The second kappa shape index (κ2) is 7.14. The molecule has 0 saturated carbocycles. The lowest BCUT2D eigenvalue weighted by atomic mass is 10.1. The molecule has 2 heterocycles. The Kier molecular flexibility index (Phi) is 5.08. The van der Waals surface area contributed by atoms with E-state index < -0.39 is 14.9 Å². The van der Waals surface area contributed by atoms with E-state index >= 15 is 0 Å². The van der Waals surface area contributed by atoms with Gasteiger partial charge in [0, 0.05) is 31.1 Å². The van der Waals surface area contributed by atoms with Gasteiger partial charge in [-0.1, -0.05) is 17.7 Å². The number of nitrogens with zero attached hydrogens (tertiary/aromatic N) is 4. The van der Waals surface area contributed by atoms with Crippen molar-refractivity contribution in [1.82, 2.24) is 14.3 Å². The van der Waals surface area contributed by atoms with Crippen LogP contribution in [0.3, 0.4) is 0 Å². The Morgan fingerprint density at radius 1 is 1.38 bits per heavy atom. The number of aromatic nitrogens is 2. The number of ether oxygens (including phenoxy) is 1. The largest absolute Gasteiger partial charge is 0.476 e. The van der Waals surface area contributed by atoms with Crippen LogP contribution in [-0.4, -0.2) is 47.3 Å². The van der Waals surface area contributed by atoms with Crippen molar-refractivity contribution in [3.05, 3.63) is 51.4 Å². The highest BCUT2D eigenvalue weighted by atomic mass is 35.5. The maximum Gasteiger partial charge on any atom is 0.270 e. The van der Waals surface area contributed by atoms with Gasteiger partial charge in [-0.3, -0.25) is 15.1 Å². The minimum Gasteiger partial charge on any atom is -0.476 e. The first kappa shape index (κ1) is 18.5. The first-order valence-electron chi connectivity index (χ1n) is 7.63. The Morgan fingerprint density at radius 3 is 2.77 bits per heavy atom. The summed E-state index contributed by atoms with van der Waals surface area (Å²) >= 11 is 5.72. The molecule has 138 valence electrons. The predicted octanol–water partition coefficient (Wildman–Crippen LogP) is 2.05. The predicted molar refractivity (Wildman–Crippen MR) is 92.6 cm³/mol. The van der Waals surface area contributed by atoms with Gasteiger partial charge in [0.2, 0.25) is 15.9 Å². The number of nitro benzene ring substituents is 1. The molecule has 0 atom stereocenters. The number of aryl methyl sites for hydroxylation is 1. The van der Waals surface area contributed by atoms with Crippen LogP contribution in [0.5, 0.6) is 5.88 Å². The van der Waals surface area contributed by atoms with E-state index in [0.717, 1.165) is 6.07 Å². The molecule has 26 heavy (non-hydrogen) atoms. The maximum absolute atomic E-state index is 12.7. The van der Waals surface area contributed by atoms with Gasteiger partial charge in [-0.2, -0.15) is 9.29 Å². The Balaban J connectivity index is 1.64. The van der Waals surface area contributed by atoms with Crippen molar-refractivity contribution in [2.75, 3.05) is 19.7 Å². The number of benzene rings is 1. The molecule has 1 aliphatic heterocycles. The highest BCUT2D eigenvalue weighted by Gasteiger charge is 2.38. The molecule has 0 aliphatic carbocycles. The maximum atomic E-state index is 12.7. The summed E-state index contributed by atoms with van der Waals surface area (Å²) in [6.45, 7) is 2.40. The summed E-state index contributed by atoms with van der Waals surface area (Å²) in [5, 5.41) is 11.1. The Labute approximate surface area is 154 Å². The van der Waals surface area contributed by atoms with Crippen molar-refractivity contribution in [2.24, 2.45) is 5.92 Å². The number of halogens is 1. The Bertz CT molecular complexity index is 947. The van der Waals surface area contributed by atoms with E-state index in [1.807, 2.05) is 0 Å². The molecule has 2 aromatic rings. The number of hydrogen-bond donors (Lipinski definition) is 0. The van der Waals surface area contributed by atoms with E-state index in [1.165, 1.54) is 28.8 Å². The lowest BCUT2D eigenvalue weighted by molar-refractivity contribution is -0.385. The summed E-state index contributed by atoms with van der Waals surface area (Å²) in [7, 11) is -3.79. The van der Waals surface area contributed by atoms with Gasteiger partial charge in [-0.05, 0) is 12.5 Å². The van der Waals surface area contributed by atoms with Crippen molar-refractivity contribution in [3.8, 4) is 5.88 Å². The summed E-state index contributed by atoms with van der Waals surface area (Å²) < 4.78 is 32.1. The summed E-state index contributed by atoms with van der Waals surface area (Å²) in [5.74, 6) is 0.262. The third-order valence-electron chi connectivity index (χ3n) is 3.97. The van der Waals surface area contributed by atoms with Gasteiger partial charge < -0.3 is 4.74 Å². The normalized spacial score (nSPS) is 15.5. The quantitative estimate of drug-likeness (QED) is 0.540. The van der Waals surface area contributed by atoms with E-state index in [0.29, 0.717) is 5.56 Å². The Morgan fingerprint density at radius 2 is 2.12 bits per heavy atom. The molecular formula is C15H15ClN4O5S. The smallest absolute Gasteiger partial charge is 0.270 e. The van der Waals surface area contributed by atoms with Crippen LogP contribution < -0.4 is 4.74 Å². The minimum atomic E-state index is -3.79. The van der Waals surface area contributed by atoms with Crippen molar-refractivity contribution in [2.45, 2.75) is 11.8 Å². The van der Waals surface area contributed by atoms with Gasteiger partial charge in [0.05, 0.1) is 28.8 Å². The molecule has 0 unspecified atom stereocenters. The van der Waals surface area contributed by atoms with Crippen LogP contribution >= 0.6 is 11.6 Å². The second-order valence-electron chi connectivity index (χ2n) is 5.89. The van der Waals surface area contributed by atoms with E-state index in [4.69, 9.17) is 16.3 Å². The van der Waals surface area contributed by atoms with Crippen molar-refractivity contribution in [1.29, 1.82) is 0 Å². The molecule has 0 spiro atoms. The van der Waals surface area contributed by atoms with E-state index in [-0.39, 0.29) is 47.2 Å². The summed E-state index contributed by atoms with van der Waals surface area (Å²) in [4.78, 5) is 18.0. The molecule has 0 N–H and O–H groups in total. The fourth-order valence-corrected chi connectivity index (χ4v) is 4.52. The molecule has 1 aliphatic rings. The molecule has 0 bridgehead atoms. The number of sulfonamides is 1. The molecule has 0 radical (unpaired) electrons. The van der Waals surface area contributed by atoms with Crippen LogP contribution in [0.25, 0.3) is 0 Å². The number of hydrogen-bond acceptors (Lipinski definition) is 7. The molecule has 1 aromatic heterocycles. The van der Waals surface area contributed by atoms with Crippen LogP contribution in [-0.2, 0) is 10.0 Å². The summed E-state index contributed by atoms with van der Waals surface area (Å²) in [6.07, 6.45) is 2.80. The first-order valence-corrected chi connectivity index (χ1v) is 9.44. The molecule has 1 fully saturated rings. The van der Waals surface area contributed by atoms with Crippen LogP contribution in [0.4, 0.5) is 5.69 Å². The third-order valence-corrected chi connectivity index (χ3v) is 6.13. The molecule has 1 saturated heterocycles. The number of nitro groups is 1. The van der Waals surface area contributed by atoms with E-state index in [2.05, 4.69) is 9.97 Å². The minimum absolute atomic E-state index is 0.00967. The van der Waals surface area contributed by atoms with Crippen molar-refractivity contribution < 1.29 is 18.1 Å². The van der Waals surface area contributed by atoms with E-state index in [1.54, 1.807) is 6.92 Å². The molecule has 3 rings (SSSR count). The van der Waals surface area contributed by atoms with Crippen molar-refractivity contribution in [3.63, 3.8) is 0 Å². The fourth-order valence-electron chi connectivity index (χ4n) is 2.54. The van der Waals surface area contributed by atoms with Gasteiger partial charge >= 0.3 is 0 Å². The first-order chi connectivity index (χ1) is 12.3. The standard InChI is InChI=1S/C15H15ClN4O5S/c1-10-2-3-12(20(21)22)4-13(10)26(23,24)19-7-11(8-19)9-25-15-6-17-5-14(16)18-15/h2-6,11H,7-9H2,1H3. The van der Waals surface area contributed by atoms with Crippen LogP contribution in [0.2, 0.25) is 5.15 Å². The zero-order valence-corrected chi connectivity index (χ0v) is 15.3. The second-order valence-corrected chi connectivity index (χ2v) is 8.18. The van der Waals surface area contributed by atoms with Gasteiger partial charge in [0.15, 0.2) is 5.15 Å². The molecule has 0 amide bonds. The monoisotopic (exact) mass is 398 g/mol. The highest BCUT2D eigenvalue weighted by molar-refractivity contribution is 7.89. The summed E-state index contributed by atoms with van der Waals surface area (Å²) in [6, 6.07) is 3.81. The molecular weight excluding hydrogens is 384 g/mol.